The molecule has 0 aliphatic carbocycles. The van der Waals surface area contributed by atoms with E-state index in [0.29, 0.717) is 38.5 Å². The Hall–Kier alpha value is -2.53. The molecule has 0 bridgehead atoms. The molecule has 3 heterocycles. The van der Waals surface area contributed by atoms with E-state index in [1.54, 1.807) is 0 Å². The molecule has 11 heteroatoms. The van der Waals surface area contributed by atoms with Gasteiger partial charge in [0.1, 0.15) is 4.88 Å². The Morgan fingerprint density at radius 1 is 1.14 bits per heavy atom. The zero-order chi connectivity index (χ0) is 20.6. The molecule has 1 aliphatic rings. The normalized spacial score (nSPS) is 15.8. The van der Waals surface area contributed by atoms with Crippen molar-refractivity contribution >= 4 is 44.1 Å². The topological polar surface area (TPSA) is 86.4 Å². The maximum atomic E-state index is 12.9. The number of carbonyl (C=O) groups is 1. The van der Waals surface area contributed by atoms with Gasteiger partial charge in [-0.05, 0) is 30.0 Å². The van der Waals surface area contributed by atoms with Crippen LogP contribution in [0.4, 0.5) is 14.7 Å². The summed E-state index contributed by atoms with van der Waals surface area (Å²) in [7, 11) is -4.82. The van der Waals surface area contributed by atoms with Crippen LogP contribution >= 0.6 is 11.3 Å². The number of imidazole rings is 1. The second-order valence-corrected chi connectivity index (χ2v) is 9.43. The van der Waals surface area contributed by atoms with Gasteiger partial charge in [0.25, 0.3) is 5.91 Å². The van der Waals surface area contributed by atoms with Gasteiger partial charge in [0.2, 0.25) is 15.8 Å². The van der Waals surface area contributed by atoms with Crippen molar-refractivity contribution in [2.24, 2.45) is 0 Å². The monoisotopic (exact) mass is 440 g/mol. The van der Waals surface area contributed by atoms with Gasteiger partial charge in [-0.3, -0.25) is 4.79 Å². The van der Waals surface area contributed by atoms with Gasteiger partial charge in [-0.2, -0.15) is 8.78 Å². The lowest BCUT2D eigenvalue weighted by molar-refractivity contribution is 0.0768. The van der Waals surface area contributed by atoms with Crippen LogP contribution in [0.5, 0.6) is 0 Å². The summed E-state index contributed by atoms with van der Waals surface area (Å²) in [6.07, 6.45) is 0.644. The number of para-hydroxylation sites is 2. The number of nitrogens with one attached hydrogen (secondary N) is 1. The molecule has 0 saturated carbocycles. The zero-order valence-electron chi connectivity index (χ0n) is 15.2. The van der Waals surface area contributed by atoms with Crippen molar-refractivity contribution in [2.45, 2.75) is 17.1 Å². The van der Waals surface area contributed by atoms with Crippen molar-refractivity contribution in [3.8, 4) is 0 Å². The number of benzene rings is 1. The predicted molar refractivity (Wildman–Crippen MR) is 106 cm³/mol. The quantitative estimate of drug-likeness (QED) is 0.674. The van der Waals surface area contributed by atoms with E-state index < -0.39 is 26.4 Å². The van der Waals surface area contributed by atoms with E-state index in [-0.39, 0.29) is 4.88 Å². The number of amides is 1. The fourth-order valence-corrected chi connectivity index (χ4v) is 5.47. The maximum absolute atomic E-state index is 12.9. The molecule has 4 rings (SSSR count). The summed E-state index contributed by atoms with van der Waals surface area (Å²) in [5, 5.41) is 1.35. The van der Waals surface area contributed by atoms with E-state index in [0.717, 1.165) is 28.4 Å². The molecule has 3 aromatic rings. The molecule has 0 radical (unpaired) electrons. The average Bonchev–Trinajstić information content (AvgIpc) is 3.29. The van der Waals surface area contributed by atoms with E-state index in [9.17, 15) is 22.0 Å². The molecule has 1 amide bonds. The van der Waals surface area contributed by atoms with Crippen molar-refractivity contribution < 1.29 is 22.0 Å². The average molecular weight is 440 g/mol. The molecule has 1 saturated heterocycles. The van der Waals surface area contributed by atoms with Gasteiger partial charge in [0, 0.05) is 26.2 Å². The Kier molecular flexibility index (Phi) is 5.26. The SMILES string of the molecule is O=C(c1sccc1S(=O)(=O)C(F)F)N1CCCN(c2nc3ccccc3[nH]2)CC1. The van der Waals surface area contributed by atoms with Crippen LogP contribution in [0.2, 0.25) is 0 Å². The van der Waals surface area contributed by atoms with Crippen LogP contribution in [0, 0.1) is 0 Å². The highest BCUT2D eigenvalue weighted by molar-refractivity contribution is 7.92. The standard InChI is InChI=1S/C18H18F2N4O3S2/c19-17(20)29(26,27)14-6-11-28-15(14)16(25)23-7-3-8-24(10-9-23)18-21-12-4-1-2-5-13(12)22-18/h1-2,4-6,11,17H,3,7-10H2,(H,21,22). The Labute approximate surface area is 169 Å². The largest absolute Gasteiger partial charge is 0.341 e. The molecule has 1 fully saturated rings. The Balaban J connectivity index is 1.52. The van der Waals surface area contributed by atoms with Crippen LogP contribution in [0.25, 0.3) is 11.0 Å². The van der Waals surface area contributed by atoms with Crippen LogP contribution in [0.1, 0.15) is 16.1 Å². The number of aromatic nitrogens is 2. The van der Waals surface area contributed by atoms with Gasteiger partial charge in [0.15, 0.2) is 0 Å². The lowest BCUT2D eigenvalue weighted by Gasteiger charge is -2.21. The van der Waals surface area contributed by atoms with E-state index in [2.05, 4.69) is 9.97 Å². The summed E-state index contributed by atoms with van der Waals surface area (Å²) in [4.78, 5) is 23.5. The third kappa shape index (κ3) is 3.71. The second kappa shape index (κ2) is 7.71. The first kappa shape index (κ1) is 19.8. The Bertz CT molecular complexity index is 1110. The van der Waals surface area contributed by atoms with Gasteiger partial charge < -0.3 is 14.8 Å². The number of hydrogen-bond acceptors (Lipinski definition) is 6. The summed E-state index contributed by atoms with van der Waals surface area (Å²) in [6.45, 7) is 1.90. The van der Waals surface area contributed by atoms with Gasteiger partial charge in [-0.1, -0.05) is 12.1 Å². The molecular weight excluding hydrogens is 422 g/mol. The summed E-state index contributed by atoms with van der Waals surface area (Å²) < 4.78 is 49.6. The van der Waals surface area contributed by atoms with Gasteiger partial charge in [-0.25, -0.2) is 13.4 Å². The van der Waals surface area contributed by atoms with Crippen molar-refractivity contribution in [1.82, 2.24) is 14.9 Å². The van der Waals surface area contributed by atoms with Crippen LogP contribution in [0.15, 0.2) is 40.6 Å². The van der Waals surface area contributed by atoms with Crippen LogP contribution < -0.4 is 4.90 Å². The number of alkyl halides is 2. The molecular formula is C18H18F2N4O3S2. The molecule has 0 atom stereocenters. The van der Waals surface area contributed by atoms with Crippen LogP contribution in [0.3, 0.4) is 0 Å². The number of thiophene rings is 1. The number of aromatic amines is 1. The molecule has 0 unspecified atom stereocenters. The highest BCUT2D eigenvalue weighted by atomic mass is 32.2. The van der Waals surface area contributed by atoms with Crippen molar-refractivity contribution in [3.63, 3.8) is 0 Å². The smallest absolute Gasteiger partial charge is 0.341 e. The molecule has 1 aromatic carbocycles. The fraction of sp³-hybridized carbons (Fsp3) is 0.333. The minimum absolute atomic E-state index is 0.164. The van der Waals surface area contributed by atoms with E-state index >= 15 is 0 Å². The molecule has 2 aromatic heterocycles. The highest BCUT2D eigenvalue weighted by Crippen LogP contribution is 2.28. The van der Waals surface area contributed by atoms with Crippen molar-refractivity contribution in [2.75, 3.05) is 31.1 Å². The van der Waals surface area contributed by atoms with E-state index in [4.69, 9.17) is 0 Å². The Morgan fingerprint density at radius 3 is 2.69 bits per heavy atom. The molecule has 1 N–H and O–H groups in total. The summed E-state index contributed by atoms with van der Waals surface area (Å²) in [5.41, 5.74) is 1.76. The lowest BCUT2D eigenvalue weighted by atomic mass is 10.3. The van der Waals surface area contributed by atoms with Gasteiger partial charge in [-0.15, -0.1) is 11.3 Å². The fourth-order valence-electron chi connectivity index (χ4n) is 3.34. The van der Waals surface area contributed by atoms with Crippen molar-refractivity contribution in [3.05, 3.63) is 40.6 Å². The number of sulfone groups is 1. The maximum Gasteiger partial charge on any atom is 0.341 e. The number of nitrogens with zero attached hydrogens (tertiary/aromatic N) is 3. The number of halogens is 2. The minimum Gasteiger partial charge on any atom is -0.341 e. The summed E-state index contributed by atoms with van der Waals surface area (Å²) >= 11 is 0.867. The first-order valence-electron chi connectivity index (χ1n) is 8.96. The first-order valence-corrected chi connectivity index (χ1v) is 11.4. The predicted octanol–water partition coefficient (Wildman–Crippen LogP) is 2.97. The summed E-state index contributed by atoms with van der Waals surface area (Å²) in [5.74, 6) is -3.39. The molecule has 0 spiro atoms. The molecule has 154 valence electrons. The molecule has 7 nitrogen and oxygen atoms in total. The third-order valence-electron chi connectivity index (χ3n) is 4.82. The van der Waals surface area contributed by atoms with Crippen LogP contribution in [-0.4, -0.2) is 61.1 Å². The number of H-pyrrole nitrogens is 1. The second-order valence-electron chi connectivity index (χ2n) is 6.63. The molecule has 1 aliphatic heterocycles. The lowest BCUT2D eigenvalue weighted by Crippen LogP contribution is -2.35. The number of fused-ring (bicyclic) bond motifs is 1. The number of carbonyl (C=O) groups excluding carboxylic acids is 1. The number of anilines is 1. The van der Waals surface area contributed by atoms with E-state index in [1.165, 1.54) is 10.3 Å². The number of hydrogen-bond donors (Lipinski definition) is 1. The Morgan fingerprint density at radius 2 is 1.93 bits per heavy atom. The zero-order valence-corrected chi connectivity index (χ0v) is 16.8. The number of rotatable bonds is 4. The van der Waals surface area contributed by atoms with E-state index in [1.807, 2.05) is 29.2 Å². The van der Waals surface area contributed by atoms with Gasteiger partial charge in [0.05, 0.1) is 15.9 Å². The van der Waals surface area contributed by atoms with Gasteiger partial charge >= 0.3 is 5.76 Å². The van der Waals surface area contributed by atoms with Crippen LogP contribution in [-0.2, 0) is 9.84 Å². The first-order chi connectivity index (χ1) is 13.9. The highest BCUT2D eigenvalue weighted by Gasteiger charge is 2.34. The third-order valence-corrected chi connectivity index (χ3v) is 7.28. The minimum atomic E-state index is -4.82. The molecule has 29 heavy (non-hydrogen) atoms. The van der Waals surface area contributed by atoms with Crippen molar-refractivity contribution in [1.29, 1.82) is 0 Å². The summed E-state index contributed by atoms with van der Waals surface area (Å²) in [6, 6.07) is 8.73.